The van der Waals surface area contributed by atoms with Crippen molar-refractivity contribution in [3.63, 3.8) is 0 Å². The summed E-state index contributed by atoms with van der Waals surface area (Å²) in [6, 6.07) is 9.11. The van der Waals surface area contributed by atoms with E-state index in [1.807, 2.05) is 0 Å². The van der Waals surface area contributed by atoms with Crippen LogP contribution < -0.4 is 16.0 Å². The first kappa shape index (κ1) is 18.4. The third-order valence-corrected chi connectivity index (χ3v) is 4.36. The molecule has 8 nitrogen and oxygen atoms in total. The lowest BCUT2D eigenvalue weighted by molar-refractivity contribution is 0.226. The van der Waals surface area contributed by atoms with E-state index in [1.165, 1.54) is 35.4 Å². The average Bonchev–Trinajstić information content (AvgIpc) is 3.25. The Balaban J connectivity index is 1.68. The van der Waals surface area contributed by atoms with Crippen LogP contribution in [0.3, 0.4) is 0 Å². The van der Waals surface area contributed by atoms with Gasteiger partial charge in [-0.15, -0.1) is 0 Å². The zero-order valence-electron chi connectivity index (χ0n) is 15.4. The summed E-state index contributed by atoms with van der Waals surface area (Å²) in [5, 5.41) is 8.21. The first-order valence-electron chi connectivity index (χ1n) is 8.78. The number of ether oxygens (including phenoxy) is 1. The minimum Gasteiger partial charge on any atom is -0.482 e. The molecule has 0 radical (unpaired) electrons. The first-order chi connectivity index (χ1) is 14.0. The number of anilines is 1. The van der Waals surface area contributed by atoms with Crippen molar-refractivity contribution in [1.29, 1.82) is 0 Å². The number of halogens is 1. The van der Waals surface area contributed by atoms with Crippen molar-refractivity contribution >= 4 is 5.82 Å². The van der Waals surface area contributed by atoms with E-state index in [2.05, 4.69) is 20.2 Å². The molecule has 3 aromatic heterocycles. The number of benzene rings is 1. The summed E-state index contributed by atoms with van der Waals surface area (Å²) in [5.74, 6) is 0.129. The molecule has 1 atom stereocenters. The fraction of sp³-hybridized carbons (Fsp3) is 0.100. The second-order valence-corrected chi connectivity index (χ2v) is 6.33. The van der Waals surface area contributed by atoms with Crippen molar-refractivity contribution in [3.8, 4) is 22.6 Å². The zero-order valence-corrected chi connectivity index (χ0v) is 15.4. The highest BCUT2D eigenvalue weighted by Gasteiger charge is 2.18. The average molecular weight is 392 g/mol. The van der Waals surface area contributed by atoms with Gasteiger partial charge in [-0.25, -0.2) is 9.37 Å². The number of rotatable bonds is 5. The van der Waals surface area contributed by atoms with Crippen LogP contribution in [0, 0.1) is 5.82 Å². The summed E-state index contributed by atoms with van der Waals surface area (Å²) in [6.45, 7) is 1.77. The highest BCUT2D eigenvalue weighted by Crippen LogP contribution is 2.32. The van der Waals surface area contributed by atoms with Gasteiger partial charge in [-0.05, 0) is 42.8 Å². The minimum atomic E-state index is -0.568. The second kappa shape index (κ2) is 7.55. The molecule has 0 aliphatic heterocycles. The molecule has 29 heavy (non-hydrogen) atoms. The molecular weight excluding hydrogens is 375 g/mol. The maximum absolute atomic E-state index is 13.9. The maximum atomic E-state index is 13.9. The fourth-order valence-corrected chi connectivity index (χ4v) is 2.92. The number of pyridine rings is 2. The number of nitrogens with one attached hydrogen (secondary N) is 1. The van der Waals surface area contributed by atoms with Gasteiger partial charge in [0.15, 0.2) is 11.6 Å². The summed E-state index contributed by atoms with van der Waals surface area (Å²) < 4.78 is 19.9. The molecule has 146 valence electrons. The molecular formula is C20H17FN6O2. The molecule has 0 aliphatic rings. The van der Waals surface area contributed by atoms with Gasteiger partial charge in [-0.2, -0.15) is 15.0 Å². The molecule has 9 heteroatoms. The van der Waals surface area contributed by atoms with E-state index in [-0.39, 0.29) is 11.4 Å². The second-order valence-electron chi connectivity index (χ2n) is 6.33. The van der Waals surface area contributed by atoms with Gasteiger partial charge in [0.2, 0.25) is 5.56 Å². The zero-order chi connectivity index (χ0) is 20.4. The van der Waals surface area contributed by atoms with E-state index in [1.54, 1.807) is 37.5 Å². The van der Waals surface area contributed by atoms with Crippen molar-refractivity contribution in [1.82, 2.24) is 25.0 Å². The molecule has 4 rings (SSSR count). The van der Waals surface area contributed by atoms with Crippen molar-refractivity contribution in [2.75, 3.05) is 5.73 Å². The summed E-state index contributed by atoms with van der Waals surface area (Å²) in [6.07, 6.45) is 5.67. The molecule has 4 aromatic rings. The number of nitrogens with two attached hydrogens (primary N) is 1. The van der Waals surface area contributed by atoms with Crippen LogP contribution >= 0.6 is 0 Å². The molecule has 3 N–H and O–H groups in total. The SMILES string of the molecule is CC(Oc1cc(-c2ccc(=O)[nH]c2)cnc1N)c1cc(F)ccc1-n1nccn1. The molecule has 0 spiro atoms. The fourth-order valence-electron chi connectivity index (χ4n) is 2.92. The van der Waals surface area contributed by atoms with Crippen LogP contribution in [0.5, 0.6) is 5.75 Å². The van der Waals surface area contributed by atoms with Gasteiger partial charge in [0.25, 0.3) is 0 Å². The number of H-pyrrole nitrogens is 1. The van der Waals surface area contributed by atoms with Gasteiger partial charge in [-0.3, -0.25) is 4.79 Å². The Labute approximate surface area is 164 Å². The number of aromatic amines is 1. The molecule has 0 saturated carbocycles. The standard InChI is InChI=1S/C20H17FN6O2/c1-12(16-9-15(21)3-4-17(16)27-25-6-7-26-27)29-18-8-14(11-24-20(18)22)13-2-5-19(28)23-10-13/h2-12H,1H3,(H2,22,24)(H,23,28). The van der Waals surface area contributed by atoms with Gasteiger partial charge >= 0.3 is 0 Å². The highest BCUT2D eigenvalue weighted by atomic mass is 19.1. The molecule has 1 aromatic carbocycles. The summed E-state index contributed by atoms with van der Waals surface area (Å²) >= 11 is 0. The molecule has 0 amide bonds. The normalized spacial score (nSPS) is 11.9. The Bertz CT molecular complexity index is 1190. The van der Waals surface area contributed by atoms with Crippen LogP contribution in [-0.2, 0) is 0 Å². The Morgan fingerprint density at radius 2 is 1.93 bits per heavy atom. The van der Waals surface area contributed by atoms with Gasteiger partial charge < -0.3 is 15.5 Å². The van der Waals surface area contributed by atoms with E-state index < -0.39 is 11.9 Å². The number of hydrogen-bond donors (Lipinski definition) is 2. The number of hydrogen-bond acceptors (Lipinski definition) is 6. The van der Waals surface area contributed by atoms with Gasteiger partial charge in [-0.1, -0.05) is 0 Å². The van der Waals surface area contributed by atoms with Crippen LogP contribution in [-0.4, -0.2) is 25.0 Å². The van der Waals surface area contributed by atoms with Gasteiger partial charge in [0.05, 0.1) is 18.1 Å². The lowest BCUT2D eigenvalue weighted by atomic mass is 10.1. The van der Waals surface area contributed by atoms with E-state index in [0.29, 0.717) is 22.6 Å². The van der Waals surface area contributed by atoms with E-state index in [9.17, 15) is 9.18 Å². The Hall–Kier alpha value is -4.01. The lowest BCUT2D eigenvalue weighted by Crippen LogP contribution is -2.11. The smallest absolute Gasteiger partial charge is 0.247 e. The Morgan fingerprint density at radius 3 is 2.66 bits per heavy atom. The first-order valence-corrected chi connectivity index (χ1v) is 8.78. The Kier molecular flexibility index (Phi) is 4.78. The maximum Gasteiger partial charge on any atom is 0.247 e. The topological polar surface area (TPSA) is 112 Å². The van der Waals surface area contributed by atoms with Crippen LogP contribution in [0.1, 0.15) is 18.6 Å². The van der Waals surface area contributed by atoms with Crippen LogP contribution in [0.2, 0.25) is 0 Å². The summed E-state index contributed by atoms with van der Waals surface area (Å²) in [5.41, 5.74) is 8.39. The molecule has 0 bridgehead atoms. The van der Waals surface area contributed by atoms with Crippen molar-refractivity contribution < 1.29 is 9.13 Å². The van der Waals surface area contributed by atoms with Gasteiger partial charge in [0.1, 0.15) is 11.9 Å². The predicted octanol–water partition coefficient (Wildman–Crippen LogP) is 2.88. The quantitative estimate of drug-likeness (QED) is 0.540. The minimum absolute atomic E-state index is 0.195. The third kappa shape index (κ3) is 3.84. The number of nitrogens with zero attached hydrogens (tertiary/aromatic N) is 4. The molecule has 0 saturated heterocycles. The van der Waals surface area contributed by atoms with Gasteiger partial charge in [0, 0.05) is 29.6 Å². The van der Waals surface area contributed by atoms with Crippen LogP contribution in [0.15, 0.2) is 66.0 Å². The van der Waals surface area contributed by atoms with Crippen LogP contribution in [0.25, 0.3) is 16.8 Å². The number of nitrogen functional groups attached to an aromatic ring is 1. The largest absolute Gasteiger partial charge is 0.482 e. The predicted molar refractivity (Wildman–Crippen MR) is 105 cm³/mol. The van der Waals surface area contributed by atoms with Crippen molar-refractivity contribution in [3.05, 3.63) is 82.9 Å². The molecule has 3 heterocycles. The highest BCUT2D eigenvalue weighted by molar-refractivity contribution is 5.66. The summed E-state index contributed by atoms with van der Waals surface area (Å²) in [7, 11) is 0. The summed E-state index contributed by atoms with van der Waals surface area (Å²) in [4.78, 5) is 19.5. The lowest BCUT2D eigenvalue weighted by Gasteiger charge is -2.19. The van der Waals surface area contributed by atoms with Crippen molar-refractivity contribution in [2.45, 2.75) is 13.0 Å². The molecule has 0 aliphatic carbocycles. The van der Waals surface area contributed by atoms with Crippen LogP contribution in [0.4, 0.5) is 10.2 Å². The van der Waals surface area contributed by atoms with E-state index in [4.69, 9.17) is 10.5 Å². The van der Waals surface area contributed by atoms with E-state index in [0.717, 1.165) is 5.56 Å². The van der Waals surface area contributed by atoms with Crippen molar-refractivity contribution in [2.24, 2.45) is 0 Å². The monoisotopic (exact) mass is 392 g/mol. The molecule has 1 unspecified atom stereocenters. The number of aromatic nitrogens is 5. The Morgan fingerprint density at radius 1 is 1.14 bits per heavy atom. The van der Waals surface area contributed by atoms with E-state index >= 15 is 0 Å². The third-order valence-electron chi connectivity index (χ3n) is 4.36. The molecule has 0 fully saturated rings.